The SMILES string of the molecule is Cc1nn(C)c2ncc(CN[C@@H]3CCCCNC3=O)cc12. The number of carbonyl (C=O) groups is 1. The number of pyridine rings is 1. The van der Waals surface area contributed by atoms with Crippen LogP contribution < -0.4 is 10.6 Å². The second-order valence-corrected chi connectivity index (χ2v) is 5.64. The Balaban J connectivity index is 1.72. The molecule has 1 aliphatic rings. The Bertz CT molecular complexity index is 663. The minimum Gasteiger partial charge on any atom is -0.355 e. The fourth-order valence-electron chi connectivity index (χ4n) is 2.82. The van der Waals surface area contributed by atoms with Crippen molar-refractivity contribution in [2.24, 2.45) is 7.05 Å². The summed E-state index contributed by atoms with van der Waals surface area (Å²) in [5, 5.41) is 11.7. The van der Waals surface area contributed by atoms with Crippen LogP contribution in [0.5, 0.6) is 0 Å². The predicted octanol–water partition coefficient (Wildman–Crippen LogP) is 1.04. The van der Waals surface area contributed by atoms with Gasteiger partial charge in [-0.05, 0) is 37.8 Å². The van der Waals surface area contributed by atoms with Crippen molar-refractivity contribution in [3.05, 3.63) is 23.5 Å². The number of hydrogen-bond acceptors (Lipinski definition) is 4. The number of rotatable bonds is 3. The first-order valence-corrected chi connectivity index (χ1v) is 7.44. The number of aryl methyl sites for hydroxylation is 2. The lowest BCUT2D eigenvalue weighted by Gasteiger charge is -2.15. The Labute approximate surface area is 123 Å². The van der Waals surface area contributed by atoms with Gasteiger partial charge in [0.1, 0.15) is 0 Å². The van der Waals surface area contributed by atoms with Crippen LogP contribution in [0.25, 0.3) is 11.0 Å². The summed E-state index contributed by atoms with van der Waals surface area (Å²) in [7, 11) is 1.90. The van der Waals surface area contributed by atoms with Gasteiger partial charge in [-0.25, -0.2) is 4.98 Å². The number of aromatic nitrogens is 3. The molecule has 6 heteroatoms. The summed E-state index contributed by atoms with van der Waals surface area (Å²) in [6.07, 6.45) is 4.89. The zero-order valence-electron chi connectivity index (χ0n) is 12.5. The normalized spacial score (nSPS) is 19.5. The van der Waals surface area contributed by atoms with E-state index in [4.69, 9.17) is 0 Å². The van der Waals surface area contributed by atoms with E-state index in [0.29, 0.717) is 6.54 Å². The molecule has 2 aromatic rings. The molecule has 3 rings (SSSR count). The van der Waals surface area contributed by atoms with E-state index in [-0.39, 0.29) is 11.9 Å². The van der Waals surface area contributed by atoms with E-state index in [1.807, 2.05) is 20.2 Å². The minimum absolute atomic E-state index is 0.0989. The van der Waals surface area contributed by atoms with Crippen LogP contribution >= 0.6 is 0 Å². The number of hydrogen-bond donors (Lipinski definition) is 2. The van der Waals surface area contributed by atoms with Crippen molar-refractivity contribution in [3.8, 4) is 0 Å². The summed E-state index contributed by atoms with van der Waals surface area (Å²) in [6, 6.07) is 2.00. The number of nitrogens with one attached hydrogen (secondary N) is 2. The highest BCUT2D eigenvalue weighted by Gasteiger charge is 2.19. The molecular weight excluding hydrogens is 266 g/mol. The molecule has 1 aliphatic heterocycles. The van der Waals surface area contributed by atoms with Crippen molar-refractivity contribution >= 4 is 16.9 Å². The fraction of sp³-hybridized carbons (Fsp3) is 0.533. The molecule has 2 aromatic heterocycles. The van der Waals surface area contributed by atoms with Crippen molar-refractivity contribution in [1.82, 2.24) is 25.4 Å². The molecular formula is C15H21N5O. The van der Waals surface area contributed by atoms with Crippen molar-refractivity contribution in [3.63, 3.8) is 0 Å². The highest BCUT2D eigenvalue weighted by atomic mass is 16.2. The number of fused-ring (bicyclic) bond motifs is 1. The summed E-state index contributed by atoms with van der Waals surface area (Å²) in [5.74, 6) is 0.110. The highest BCUT2D eigenvalue weighted by Crippen LogP contribution is 2.16. The van der Waals surface area contributed by atoms with E-state index in [1.165, 1.54) is 0 Å². The van der Waals surface area contributed by atoms with Gasteiger partial charge in [0.2, 0.25) is 5.91 Å². The Hall–Kier alpha value is -1.95. The van der Waals surface area contributed by atoms with E-state index in [2.05, 4.69) is 26.8 Å². The lowest BCUT2D eigenvalue weighted by molar-refractivity contribution is -0.122. The number of nitrogens with zero attached hydrogens (tertiary/aromatic N) is 3. The van der Waals surface area contributed by atoms with Gasteiger partial charge in [-0.3, -0.25) is 9.48 Å². The molecule has 0 saturated carbocycles. The molecule has 1 fully saturated rings. The zero-order valence-corrected chi connectivity index (χ0v) is 12.5. The van der Waals surface area contributed by atoms with Crippen LogP contribution in [0.15, 0.2) is 12.3 Å². The molecule has 0 radical (unpaired) electrons. The molecule has 1 saturated heterocycles. The van der Waals surface area contributed by atoms with E-state index in [1.54, 1.807) is 4.68 Å². The zero-order chi connectivity index (χ0) is 14.8. The molecule has 1 atom stereocenters. The van der Waals surface area contributed by atoms with Gasteiger partial charge in [0.05, 0.1) is 11.7 Å². The molecule has 0 unspecified atom stereocenters. The molecule has 21 heavy (non-hydrogen) atoms. The maximum absolute atomic E-state index is 11.9. The van der Waals surface area contributed by atoms with E-state index < -0.39 is 0 Å². The van der Waals surface area contributed by atoms with E-state index in [9.17, 15) is 4.79 Å². The van der Waals surface area contributed by atoms with Crippen LogP contribution in [0.1, 0.15) is 30.5 Å². The van der Waals surface area contributed by atoms with E-state index in [0.717, 1.165) is 48.1 Å². The molecule has 2 N–H and O–H groups in total. The van der Waals surface area contributed by atoms with Crippen LogP contribution in [0.3, 0.4) is 0 Å². The predicted molar refractivity (Wildman–Crippen MR) is 80.7 cm³/mol. The number of carbonyl (C=O) groups excluding carboxylic acids is 1. The van der Waals surface area contributed by atoms with Gasteiger partial charge in [-0.15, -0.1) is 0 Å². The van der Waals surface area contributed by atoms with Crippen LogP contribution in [0.2, 0.25) is 0 Å². The summed E-state index contributed by atoms with van der Waals surface area (Å²) in [5.41, 5.74) is 2.95. The molecule has 1 amide bonds. The summed E-state index contributed by atoms with van der Waals surface area (Å²) < 4.78 is 1.79. The first-order chi connectivity index (χ1) is 10.1. The molecule has 0 aromatic carbocycles. The molecule has 0 spiro atoms. The Kier molecular flexibility index (Phi) is 3.88. The summed E-state index contributed by atoms with van der Waals surface area (Å²) >= 11 is 0. The smallest absolute Gasteiger partial charge is 0.237 e. The standard InChI is InChI=1S/C15H21N5O/c1-10-12-7-11(9-18-14(12)20(2)19-10)8-17-13-5-3-4-6-16-15(13)21/h7,9,13,17H,3-6,8H2,1-2H3,(H,16,21)/t13-/m1/s1. The minimum atomic E-state index is -0.0989. The average Bonchev–Trinajstić information content (AvgIpc) is 2.63. The first-order valence-electron chi connectivity index (χ1n) is 7.44. The van der Waals surface area contributed by atoms with Gasteiger partial charge in [-0.2, -0.15) is 5.10 Å². The summed E-state index contributed by atoms with van der Waals surface area (Å²) in [6.45, 7) is 3.43. The van der Waals surface area contributed by atoms with Gasteiger partial charge in [0.15, 0.2) is 5.65 Å². The largest absolute Gasteiger partial charge is 0.355 e. The van der Waals surface area contributed by atoms with Gasteiger partial charge < -0.3 is 10.6 Å². The third-order valence-electron chi connectivity index (χ3n) is 4.01. The highest BCUT2D eigenvalue weighted by molar-refractivity contribution is 5.82. The molecule has 6 nitrogen and oxygen atoms in total. The van der Waals surface area contributed by atoms with Gasteiger partial charge in [-0.1, -0.05) is 0 Å². The fourth-order valence-corrected chi connectivity index (χ4v) is 2.82. The Morgan fingerprint density at radius 2 is 2.33 bits per heavy atom. The lowest BCUT2D eigenvalue weighted by Crippen LogP contribution is -2.42. The second-order valence-electron chi connectivity index (χ2n) is 5.64. The van der Waals surface area contributed by atoms with Crippen molar-refractivity contribution in [2.45, 2.75) is 38.8 Å². The van der Waals surface area contributed by atoms with Crippen LogP contribution in [0.4, 0.5) is 0 Å². The summed E-state index contributed by atoms with van der Waals surface area (Å²) in [4.78, 5) is 16.4. The first kappa shape index (κ1) is 14.0. The Morgan fingerprint density at radius 3 is 3.19 bits per heavy atom. The average molecular weight is 287 g/mol. The molecule has 3 heterocycles. The van der Waals surface area contributed by atoms with Gasteiger partial charge in [0.25, 0.3) is 0 Å². The van der Waals surface area contributed by atoms with Crippen LogP contribution in [-0.4, -0.2) is 33.3 Å². The van der Waals surface area contributed by atoms with Gasteiger partial charge in [0, 0.05) is 31.7 Å². The quantitative estimate of drug-likeness (QED) is 0.884. The Morgan fingerprint density at radius 1 is 1.48 bits per heavy atom. The third kappa shape index (κ3) is 2.90. The maximum atomic E-state index is 11.9. The second kappa shape index (κ2) is 5.81. The third-order valence-corrected chi connectivity index (χ3v) is 4.01. The topological polar surface area (TPSA) is 71.8 Å². The van der Waals surface area contributed by atoms with Crippen LogP contribution in [0, 0.1) is 6.92 Å². The van der Waals surface area contributed by atoms with Gasteiger partial charge >= 0.3 is 0 Å². The van der Waals surface area contributed by atoms with Crippen LogP contribution in [-0.2, 0) is 18.4 Å². The van der Waals surface area contributed by atoms with Crippen molar-refractivity contribution < 1.29 is 4.79 Å². The lowest BCUT2D eigenvalue weighted by atomic mass is 10.1. The van der Waals surface area contributed by atoms with E-state index >= 15 is 0 Å². The molecule has 0 aliphatic carbocycles. The molecule has 0 bridgehead atoms. The van der Waals surface area contributed by atoms with Crippen molar-refractivity contribution in [2.75, 3.05) is 6.54 Å². The monoisotopic (exact) mass is 287 g/mol. The number of amides is 1. The maximum Gasteiger partial charge on any atom is 0.237 e. The molecule has 112 valence electrons. The van der Waals surface area contributed by atoms with Crippen molar-refractivity contribution in [1.29, 1.82) is 0 Å².